The molecule has 5 nitrogen and oxygen atoms in total. The smallest absolute Gasteiger partial charge is 0.232 e. The van der Waals surface area contributed by atoms with Crippen molar-refractivity contribution in [3.05, 3.63) is 58.1 Å². The van der Waals surface area contributed by atoms with E-state index in [1.165, 1.54) is 10.6 Å². The lowest BCUT2D eigenvalue weighted by Gasteiger charge is -2.24. The Hall–Kier alpha value is -1.86. The molecule has 0 radical (unpaired) electrons. The zero-order valence-electron chi connectivity index (χ0n) is 15.1. The number of carbonyl (C=O) groups excluding carboxylic acids is 1. The molecule has 0 aliphatic rings. The molecule has 0 saturated carbocycles. The van der Waals surface area contributed by atoms with Crippen LogP contribution < -0.4 is 9.62 Å². The van der Waals surface area contributed by atoms with Crippen molar-refractivity contribution in [3.63, 3.8) is 0 Å². The molecule has 0 aliphatic heterocycles. The lowest BCUT2D eigenvalue weighted by molar-refractivity contribution is -0.116. The van der Waals surface area contributed by atoms with Crippen LogP contribution >= 0.6 is 15.9 Å². The Labute approximate surface area is 163 Å². The van der Waals surface area contributed by atoms with E-state index in [4.69, 9.17) is 0 Å². The first-order chi connectivity index (χ1) is 12.2. The largest absolute Gasteiger partial charge is 0.326 e. The summed E-state index contributed by atoms with van der Waals surface area (Å²) in [6.45, 7) is 4.07. The summed E-state index contributed by atoms with van der Waals surface area (Å²) in [5.74, 6) is -0.141. The highest BCUT2D eigenvalue weighted by Gasteiger charge is 2.19. The maximum Gasteiger partial charge on any atom is 0.232 e. The molecular formula is C19H23BrN2O3S. The second-order valence-corrected chi connectivity index (χ2v) is 9.11. The van der Waals surface area contributed by atoms with Gasteiger partial charge in [0, 0.05) is 23.1 Å². The fraction of sp³-hybridized carbons (Fsp3) is 0.316. The molecular weight excluding hydrogens is 416 g/mol. The summed E-state index contributed by atoms with van der Waals surface area (Å²) in [5.41, 5.74) is 3.25. The quantitative estimate of drug-likeness (QED) is 0.702. The molecule has 0 unspecified atom stereocenters. The van der Waals surface area contributed by atoms with Crippen molar-refractivity contribution < 1.29 is 13.2 Å². The molecule has 2 aromatic carbocycles. The highest BCUT2D eigenvalue weighted by Crippen LogP contribution is 2.24. The number of nitrogens with one attached hydrogen (secondary N) is 1. The first kappa shape index (κ1) is 20.5. The number of sulfonamides is 1. The fourth-order valence-corrected chi connectivity index (χ4v) is 4.04. The number of benzene rings is 2. The van der Waals surface area contributed by atoms with Crippen LogP contribution in [-0.4, -0.2) is 27.1 Å². The summed E-state index contributed by atoms with van der Waals surface area (Å²) in [6, 6.07) is 13.1. The molecule has 1 N–H and O–H groups in total. The minimum atomic E-state index is -3.42. The Balaban J connectivity index is 2.02. The van der Waals surface area contributed by atoms with E-state index >= 15 is 0 Å². The topological polar surface area (TPSA) is 66.5 Å². The zero-order valence-corrected chi connectivity index (χ0v) is 17.5. The van der Waals surface area contributed by atoms with E-state index in [-0.39, 0.29) is 18.9 Å². The summed E-state index contributed by atoms with van der Waals surface area (Å²) < 4.78 is 26.7. The Morgan fingerprint density at radius 1 is 1.15 bits per heavy atom. The SMILES string of the molecule is Cc1ccc(C)c(N(CCCC(=O)Nc2cccc(Br)c2)S(C)(=O)=O)c1. The Kier molecular flexibility index (Phi) is 6.83. The van der Waals surface area contributed by atoms with E-state index in [0.29, 0.717) is 17.8 Å². The minimum absolute atomic E-state index is 0.141. The van der Waals surface area contributed by atoms with Gasteiger partial charge in [-0.05, 0) is 55.7 Å². The average molecular weight is 439 g/mol. The number of amides is 1. The Bertz CT molecular complexity index is 897. The van der Waals surface area contributed by atoms with Crippen molar-refractivity contribution in [3.8, 4) is 0 Å². The van der Waals surface area contributed by atoms with Gasteiger partial charge in [-0.1, -0.05) is 34.1 Å². The summed E-state index contributed by atoms with van der Waals surface area (Å²) >= 11 is 3.36. The highest BCUT2D eigenvalue weighted by molar-refractivity contribution is 9.10. The summed E-state index contributed by atoms with van der Waals surface area (Å²) in [4.78, 5) is 12.1. The van der Waals surface area contributed by atoms with Crippen molar-refractivity contribution >= 4 is 43.2 Å². The lowest BCUT2D eigenvalue weighted by Crippen LogP contribution is -2.32. The lowest BCUT2D eigenvalue weighted by atomic mass is 10.1. The maximum atomic E-state index is 12.2. The van der Waals surface area contributed by atoms with E-state index in [2.05, 4.69) is 21.2 Å². The molecule has 0 saturated heterocycles. The van der Waals surface area contributed by atoms with Gasteiger partial charge in [-0.2, -0.15) is 0 Å². The number of hydrogen-bond acceptors (Lipinski definition) is 3. The third kappa shape index (κ3) is 5.85. The van der Waals surface area contributed by atoms with Crippen molar-refractivity contribution in [1.29, 1.82) is 0 Å². The standard InChI is InChI=1S/C19H23BrN2O3S/c1-14-9-10-15(2)18(12-14)22(26(3,24)25)11-5-8-19(23)21-17-7-4-6-16(20)13-17/h4,6-7,9-10,12-13H,5,8,11H2,1-3H3,(H,21,23). The van der Waals surface area contributed by atoms with Crippen LogP contribution in [0.3, 0.4) is 0 Å². The second-order valence-electron chi connectivity index (χ2n) is 6.29. The highest BCUT2D eigenvalue weighted by atomic mass is 79.9. The number of carbonyl (C=O) groups is 1. The van der Waals surface area contributed by atoms with E-state index < -0.39 is 10.0 Å². The van der Waals surface area contributed by atoms with E-state index in [1.807, 2.05) is 56.3 Å². The summed E-state index contributed by atoms with van der Waals surface area (Å²) in [5, 5.41) is 2.82. The van der Waals surface area contributed by atoms with Crippen molar-refractivity contribution in [1.82, 2.24) is 0 Å². The molecule has 26 heavy (non-hydrogen) atoms. The Morgan fingerprint density at radius 2 is 1.88 bits per heavy atom. The van der Waals surface area contributed by atoms with Crippen LogP contribution in [0.1, 0.15) is 24.0 Å². The third-order valence-corrected chi connectivity index (χ3v) is 5.58. The van der Waals surface area contributed by atoms with Gasteiger partial charge in [0.2, 0.25) is 15.9 Å². The molecule has 0 aromatic heterocycles. The first-order valence-electron chi connectivity index (χ1n) is 8.27. The molecule has 0 aliphatic carbocycles. The molecule has 0 heterocycles. The van der Waals surface area contributed by atoms with Crippen LogP contribution in [0, 0.1) is 13.8 Å². The van der Waals surface area contributed by atoms with E-state index in [9.17, 15) is 13.2 Å². The average Bonchev–Trinajstić information content (AvgIpc) is 2.53. The fourth-order valence-electron chi connectivity index (χ4n) is 2.63. The van der Waals surface area contributed by atoms with Crippen LogP contribution in [0.15, 0.2) is 46.9 Å². The van der Waals surface area contributed by atoms with Crippen LogP contribution in [0.5, 0.6) is 0 Å². The second kappa shape index (κ2) is 8.68. The number of hydrogen-bond donors (Lipinski definition) is 1. The molecule has 2 aromatic rings. The van der Waals surface area contributed by atoms with Gasteiger partial charge in [0.1, 0.15) is 0 Å². The molecule has 0 atom stereocenters. The molecule has 0 bridgehead atoms. The van der Waals surface area contributed by atoms with Crippen LogP contribution in [-0.2, 0) is 14.8 Å². The summed E-state index contributed by atoms with van der Waals surface area (Å²) in [6.07, 6.45) is 1.86. The summed E-state index contributed by atoms with van der Waals surface area (Å²) in [7, 11) is -3.42. The van der Waals surface area contributed by atoms with Crippen molar-refractivity contribution in [2.75, 3.05) is 22.4 Å². The van der Waals surface area contributed by atoms with Crippen molar-refractivity contribution in [2.24, 2.45) is 0 Å². The first-order valence-corrected chi connectivity index (χ1v) is 10.9. The van der Waals surface area contributed by atoms with E-state index in [0.717, 1.165) is 15.6 Å². The maximum absolute atomic E-state index is 12.2. The van der Waals surface area contributed by atoms with Gasteiger partial charge in [0.25, 0.3) is 0 Å². The zero-order chi connectivity index (χ0) is 19.3. The van der Waals surface area contributed by atoms with Gasteiger partial charge in [-0.3, -0.25) is 9.10 Å². The predicted molar refractivity (Wildman–Crippen MR) is 110 cm³/mol. The number of halogens is 1. The van der Waals surface area contributed by atoms with Gasteiger partial charge in [0.15, 0.2) is 0 Å². The van der Waals surface area contributed by atoms with Gasteiger partial charge in [0.05, 0.1) is 11.9 Å². The minimum Gasteiger partial charge on any atom is -0.326 e. The molecule has 1 amide bonds. The molecule has 2 rings (SSSR count). The third-order valence-electron chi connectivity index (χ3n) is 3.91. The molecule has 0 fully saturated rings. The number of aryl methyl sites for hydroxylation is 2. The van der Waals surface area contributed by atoms with Crippen molar-refractivity contribution in [2.45, 2.75) is 26.7 Å². The van der Waals surface area contributed by atoms with E-state index in [1.54, 1.807) is 0 Å². The number of anilines is 2. The van der Waals surface area contributed by atoms with Crippen LogP contribution in [0.2, 0.25) is 0 Å². The number of nitrogens with zero attached hydrogens (tertiary/aromatic N) is 1. The van der Waals surface area contributed by atoms with Gasteiger partial charge < -0.3 is 5.32 Å². The van der Waals surface area contributed by atoms with Gasteiger partial charge >= 0.3 is 0 Å². The molecule has 7 heteroatoms. The Morgan fingerprint density at radius 3 is 2.54 bits per heavy atom. The normalized spacial score (nSPS) is 11.2. The van der Waals surface area contributed by atoms with Crippen LogP contribution in [0.25, 0.3) is 0 Å². The molecule has 140 valence electrons. The van der Waals surface area contributed by atoms with Gasteiger partial charge in [-0.25, -0.2) is 8.42 Å². The van der Waals surface area contributed by atoms with Gasteiger partial charge in [-0.15, -0.1) is 0 Å². The predicted octanol–water partition coefficient (Wildman–Crippen LogP) is 4.25. The van der Waals surface area contributed by atoms with Crippen LogP contribution in [0.4, 0.5) is 11.4 Å². The molecule has 0 spiro atoms. The number of rotatable bonds is 7. The monoisotopic (exact) mass is 438 g/mol.